The summed E-state index contributed by atoms with van der Waals surface area (Å²) in [7, 11) is 3.29. The normalized spacial score (nSPS) is 19.4. The number of rotatable bonds is 5. The SMILES string of the molecule is C=CC(=O)N(C)CC(=O)N1CCCC(COC)C1. The topological polar surface area (TPSA) is 49.9 Å². The molecule has 1 rings (SSSR count). The van der Waals surface area contributed by atoms with Crippen LogP contribution in [-0.4, -0.2) is 62.0 Å². The van der Waals surface area contributed by atoms with Crippen molar-refractivity contribution < 1.29 is 14.3 Å². The van der Waals surface area contributed by atoms with Crippen molar-refractivity contribution in [3.05, 3.63) is 12.7 Å². The molecule has 5 heteroatoms. The van der Waals surface area contributed by atoms with Gasteiger partial charge >= 0.3 is 0 Å². The second kappa shape index (κ2) is 7.16. The fraction of sp³-hybridized carbons (Fsp3) is 0.692. The molecule has 0 bridgehead atoms. The predicted molar refractivity (Wildman–Crippen MR) is 69.0 cm³/mol. The number of hydrogen-bond acceptors (Lipinski definition) is 3. The van der Waals surface area contributed by atoms with Crippen molar-refractivity contribution in [2.24, 2.45) is 5.92 Å². The number of piperidine rings is 1. The van der Waals surface area contributed by atoms with Gasteiger partial charge in [-0.2, -0.15) is 0 Å². The molecule has 1 aliphatic rings. The molecule has 102 valence electrons. The smallest absolute Gasteiger partial charge is 0.246 e. The van der Waals surface area contributed by atoms with Crippen LogP contribution in [0.5, 0.6) is 0 Å². The molecule has 0 radical (unpaired) electrons. The molecule has 1 fully saturated rings. The monoisotopic (exact) mass is 254 g/mol. The Balaban J connectivity index is 2.45. The van der Waals surface area contributed by atoms with Crippen LogP contribution in [0, 0.1) is 5.92 Å². The lowest BCUT2D eigenvalue weighted by Gasteiger charge is -2.33. The fourth-order valence-electron chi connectivity index (χ4n) is 2.20. The Morgan fingerprint density at radius 3 is 2.89 bits per heavy atom. The van der Waals surface area contributed by atoms with E-state index in [1.165, 1.54) is 11.0 Å². The van der Waals surface area contributed by atoms with Gasteiger partial charge in [-0.15, -0.1) is 0 Å². The Hall–Kier alpha value is -1.36. The van der Waals surface area contributed by atoms with Gasteiger partial charge in [-0.05, 0) is 24.8 Å². The summed E-state index contributed by atoms with van der Waals surface area (Å²) in [6.07, 6.45) is 3.31. The Bertz CT molecular complexity index is 315. The third-order valence-electron chi connectivity index (χ3n) is 3.20. The van der Waals surface area contributed by atoms with E-state index >= 15 is 0 Å². The average molecular weight is 254 g/mol. The van der Waals surface area contributed by atoms with Crippen molar-refractivity contribution in [2.45, 2.75) is 12.8 Å². The number of carbonyl (C=O) groups is 2. The summed E-state index contributed by atoms with van der Waals surface area (Å²) in [5, 5.41) is 0. The van der Waals surface area contributed by atoms with E-state index < -0.39 is 0 Å². The van der Waals surface area contributed by atoms with Gasteiger partial charge in [0.05, 0.1) is 13.2 Å². The first kappa shape index (κ1) is 14.7. The number of likely N-dealkylation sites (N-methyl/N-ethyl adjacent to an activating group) is 1. The van der Waals surface area contributed by atoms with Crippen LogP contribution in [0.25, 0.3) is 0 Å². The second-order valence-corrected chi connectivity index (χ2v) is 4.70. The molecular formula is C13H22N2O3. The Kier molecular flexibility index (Phi) is 5.85. The van der Waals surface area contributed by atoms with E-state index in [1.807, 2.05) is 4.90 Å². The highest BCUT2D eigenvalue weighted by Gasteiger charge is 2.24. The van der Waals surface area contributed by atoms with E-state index in [4.69, 9.17) is 4.74 Å². The minimum atomic E-state index is -0.228. The third kappa shape index (κ3) is 4.14. The zero-order valence-corrected chi connectivity index (χ0v) is 11.2. The molecule has 0 N–H and O–H groups in total. The first-order chi connectivity index (χ1) is 8.58. The van der Waals surface area contributed by atoms with Crippen LogP contribution in [0.15, 0.2) is 12.7 Å². The molecule has 0 spiro atoms. The van der Waals surface area contributed by atoms with Crippen molar-refractivity contribution in [2.75, 3.05) is 40.4 Å². The lowest BCUT2D eigenvalue weighted by molar-refractivity contribution is -0.138. The number of carbonyl (C=O) groups excluding carboxylic acids is 2. The second-order valence-electron chi connectivity index (χ2n) is 4.70. The standard InChI is InChI=1S/C13H22N2O3/c1-4-12(16)14(2)9-13(17)15-7-5-6-11(8-15)10-18-3/h4,11H,1,5-10H2,2-3H3. The fourth-order valence-corrected chi connectivity index (χ4v) is 2.20. The van der Waals surface area contributed by atoms with Gasteiger partial charge in [0, 0.05) is 27.2 Å². The van der Waals surface area contributed by atoms with Crippen molar-refractivity contribution in [1.29, 1.82) is 0 Å². The molecule has 0 aromatic heterocycles. The quantitative estimate of drug-likeness (QED) is 0.672. The molecule has 0 aromatic carbocycles. The highest BCUT2D eigenvalue weighted by atomic mass is 16.5. The molecule has 1 atom stereocenters. The molecule has 1 heterocycles. The van der Waals surface area contributed by atoms with E-state index in [1.54, 1.807) is 14.2 Å². The lowest BCUT2D eigenvalue weighted by Crippen LogP contribution is -2.46. The largest absolute Gasteiger partial charge is 0.384 e. The number of hydrogen-bond donors (Lipinski definition) is 0. The van der Waals surface area contributed by atoms with Gasteiger partial charge in [-0.1, -0.05) is 6.58 Å². The van der Waals surface area contributed by atoms with Gasteiger partial charge in [0.1, 0.15) is 0 Å². The van der Waals surface area contributed by atoms with Gasteiger partial charge in [0.15, 0.2) is 0 Å². The summed E-state index contributed by atoms with van der Waals surface area (Å²) < 4.78 is 5.13. The van der Waals surface area contributed by atoms with E-state index in [9.17, 15) is 9.59 Å². The molecule has 18 heavy (non-hydrogen) atoms. The lowest BCUT2D eigenvalue weighted by atomic mass is 9.99. The third-order valence-corrected chi connectivity index (χ3v) is 3.20. The Morgan fingerprint density at radius 2 is 2.28 bits per heavy atom. The molecule has 5 nitrogen and oxygen atoms in total. The molecule has 1 unspecified atom stereocenters. The van der Waals surface area contributed by atoms with Crippen LogP contribution in [0.2, 0.25) is 0 Å². The van der Waals surface area contributed by atoms with E-state index in [0.717, 1.165) is 25.9 Å². The number of amides is 2. The summed E-state index contributed by atoms with van der Waals surface area (Å²) in [4.78, 5) is 26.6. The molecule has 1 aliphatic heterocycles. The van der Waals surface area contributed by atoms with Gasteiger partial charge in [0.25, 0.3) is 0 Å². The van der Waals surface area contributed by atoms with Gasteiger partial charge in [0.2, 0.25) is 11.8 Å². The predicted octanol–water partition coefficient (Wildman–Crippen LogP) is 0.516. The van der Waals surface area contributed by atoms with Crippen LogP contribution < -0.4 is 0 Å². The van der Waals surface area contributed by atoms with E-state index in [-0.39, 0.29) is 18.4 Å². The van der Waals surface area contributed by atoms with E-state index in [2.05, 4.69) is 6.58 Å². The van der Waals surface area contributed by atoms with Crippen molar-refractivity contribution in [3.63, 3.8) is 0 Å². The maximum absolute atomic E-state index is 12.0. The highest BCUT2D eigenvalue weighted by Crippen LogP contribution is 2.16. The maximum atomic E-state index is 12.0. The number of nitrogens with zero attached hydrogens (tertiary/aromatic N) is 2. The summed E-state index contributed by atoms with van der Waals surface area (Å²) in [5.41, 5.74) is 0. The zero-order valence-electron chi connectivity index (χ0n) is 11.2. The molecule has 0 saturated carbocycles. The Morgan fingerprint density at radius 1 is 1.56 bits per heavy atom. The van der Waals surface area contributed by atoms with Gasteiger partial charge in [-0.25, -0.2) is 0 Å². The highest BCUT2D eigenvalue weighted by molar-refractivity contribution is 5.90. The van der Waals surface area contributed by atoms with Crippen molar-refractivity contribution >= 4 is 11.8 Å². The van der Waals surface area contributed by atoms with Gasteiger partial charge in [-0.3, -0.25) is 9.59 Å². The average Bonchev–Trinajstić information content (AvgIpc) is 2.38. The number of likely N-dealkylation sites (tertiary alicyclic amines) is 1. The summed E-state index contributed by atoms with van der Waals surface area (Å²) in [5.74, 6) is 0.176. The minimum absolute atomic E-state index is 0.00602. The van der Waals surface area contributed by atoms with Crippen LogP contribution in [0.3, 0.4) is 0 Å². The molecule has 1 saturated heterocycles. The molecule has 2 amide bonds. The Labute approximate surface area is 108 Å². The van der Waals surface area contributed by atoms with Crippen LogP contribution in [0.1, 0.15) is 12.8 Å². The van der Waals surface area contributed by atoms with Crippen molar-refractivity contribution in [1.82, 2.24) is 9.80 Å². The first-order valence-corrected chi connectivity index (χ1v) is 6.22. The van der Waals surface area contributed by atoms with Crippen LogP contribution >= 0.6 is 0 Å². The van der Waals surface area contributed by atoms with Crippen LogP contribution in [-0.2, 0) is 14.3 Å². The zero-order chi connectivity index (χ0) is 13.5. The van der Waals surface area contributed by atoms with Crippen molar-refractivity contribution in [3.8, 4) is 0 Å². The molecule has 0 aromatic rings. The maximum Gasteiger partial charge on any atom is 0.246 e. The van der Waals surface area contributed by atoms with E-state index in [0.29, 0.717) is 12.5 Å². The van der Waals surface area contributed by atoms with Gasteiger partial charge < -0.3 is 14.5 Å². The summed E-state index contributed by atoms with van der Waals surface area (Å²) in [6.45, 7) is 5.70. The number of ether oxygens (including phenoxy) is 1. The molecule has 0 aliphatic carbocycles. The number of methoxy groups -OCH3 is 1. The summed E-state index contributed by atoms with van der Waals surface area (Å²) in [6, 6.07) is 0. The molecular weight excluding hydrogens is 232 g/mol. The minimum Gasteiger partial charge on any atom is -0.384 e. The van der Waals surface area contributed by atoms with Crippen LogP contribution in [0.4, 0.5) is 0 Å². The summed E-state index contributed by atoms with van der Waals surface area (Å²) >= 11 is 0. The first-order valence-electron chi connectivity index (χ1n) is 6.22.